The van der Waals surface area contributed by atoms with Gasteiger partial charge < -0.3 is 4.74 Å². The third-order valence-corrected chi connectivity index (χ3v) is 2.14. The summed E-state index contributed by atoms with van der Waals surface area (Å²) in [6, 6.07) is 0. The van der Waals surface area contributed by atoms with Crippen LogP contribution in [0, 0.1) is 5.92 Å². The highest BCUT2D eigenvalue weighted by Gasteiger charge is 2.05. The molecule has 0 bridgehead atoms. The van der Waals surface area contributed by atoms with Crippen molar-refractivity contribution in [1.82, 2.24) is 0 Å². The zero-order valence-electron chi connectivity index (χ0n) is 8.13. The Bertz CT molecular complexity index is 124. The van der Waals surface area contributed by atoms with Gasteiger partial charge in [-0.3, -0.25) is 4.79 Å². The number of ether oxygens (including phenoxy) is 1. The van der Waals surface area contributed by atoms with Crippen LogP contribution in [0.5, 0.6) is 0 Å². The summed E-state index contributed by atoms with van der Waals surface area (Å²) in [4.78, 5) is 11.1. The summed E-state index contributed by atoms with van der Waals surface area (Å²) >= 11 is 1.76. The number of carbonyl (C=O) groups is 1. The third-order valence-electron chi connectivity index (χ3n) is 1.57. The van der Waals surface area contributed by atoms with Gasteiger partial charge in [0.05, 0.1) is 13.2 Å². The lowest BCUT2D eigenvalue weighted by Crippen LogP contribution is -2.11. The van der Waals surface area contributed by atoms with Crippen LogP contribution in [0.25, 0.3) is 0 Å². The van der Waals surface area contributed by atoms with E-state index in [2.05, 4.69) is 0 Å². The molecule has 0 radical (unpaired) electrons. The Labute approximate surface area is 79.1 Å². The van der Waals surface area contributed by atoms with Crippen LogP contribution in [0.4, 0.5) is 0 Å². The fraction of sp³-hybridized carbons (Fsp3) is 0.889. The minimum Gasteiger partial charge on any atom is -0.380 e. The molecule has 0 atom stereocenters. The zero-order chi connectivity index (χ0) is 9.40. The minimum atomic E-state index is 0.147. The van der Waals surface area contributed by atoms with Crippen LogP contribution in [0.2, 0.25) is 0 Å². The molecule has 0 amide bonds. The second-order valence-corrected chi connectivity index (χ2v) is 3.96. The molecule has 0 aromatic heterocycles. The molecule has 0 aliphatic rings. The van der Waals surface area contributed by atoms with E-state index in [1.165, 1.54) is 0 Å². The van der Waals surface area contributed by atoms with Crippen molar-refractivity contribution in [3.05, 3.63) is 0 Å². The van der Waals surface area contributed by atoms with Crippen molar-refractivity contribution in [2.45, 2.75) is 20.3 Å². The molecule has 3 heteroatoms. The summed E-state index contributed by atoms with van der Waals surface area (Å²) in [5, 5.41) is 0. The zero-order valence-corrected chi connectivity index (χ0v) is 8.95. The summed E-state index contributed by atoms with van der Waals surface area (Å²) in [7, 11) is 0. The minimum absolute atomic E-state index is 0.147. The Morgan fingerprint density at radius 2 is 2.08 bits per heavy atom. The van der Waals surface area contributed by atoms with E-state index in [1.807, 2.05) is 20.1 Å². The lowest BCUT2D eigenvalue weighted by atomic mass is 10.1. The van der Waals surface area contributed by atoms with E-state index >= 15 is 0 Å². The molecule has 0 rings (SSSR count). The molecule has 0 aromatic carbocycles. The van der Waals surface area contributed by atoms with Gasteiger partial charge >= 0.3 is 0 Å². The van der Waals surface area contributed by atoms with Crippen molar-refractivity contribution >= 4 is 17.5 Å². The average molecular weight is 190 g/mol. The molecule has 0 heterocycles. The first-order chi connectivity index (χ1) is 5.68. The van der Waals surface area contributed by atoms with Crippen LogP contribution in [0.3, 0.4) is 0 Å². The molecule has 0 unspecified atom stereocenters. The topological polar surface area (TPSA) is 26.3 Å². The smallest absolute Gasteiger partial charge is 0.137 e. The van der Waals surface area contributed by atoms with Crippen LogP contribution in [-0.2, 0) is 9.53 Å². The van der Waals surface area contributed by atoms with Crippen LogP contribution in [0.15, 0.2) is 0 Å². The van der Waals surface area contributed by atoms with Crippen molar-refractivity contribution in [2.75, 3.05) is 25.2 Å². The fourth-order valence-corrected chi connectivity index (χ4v) is 0.990. The third kappa shape index (κ3) is 6.68. The first kappa shape index (κ1) is 12.0. The van der Waals surface area contributed by atoms with E-state index in [-0.39, 0.29) is 5.92 Å². The second kappa shape index (κ2) is 7.62. The molecule has 12 heavy (non-hydrogen) atoms. The van der Waals surface area contributed by atoms with Crippen molar-refractivity contribution in [2.24, 2.45) is 5.92 Å². The maximum Gasteiger partial charge on any atom is 0.137 e. The van der Waals surface area contributed by atoms with Crippen LogP contribution in [0.1, 0.15) is 20.3 Å². The molecule has 0 saturated heterocycles. The summed E-state index contributed by atoms with van der Waals surface area (Å²) in [6.45, 7) is 5.18. The molecule has 0 aromatic rings. The number of thioether (sulfide) groups is 1. The maximum atomic E-state index is 11.1. The normalized spacial score (nSPS) is 10.7. The Kier molecular flexibility index (Phi) is 7.61. The Balaban J connectivity index is 3.14. The Morgan fingerprint density at radius 3 is 2.58 bits per heavy atom. The molecule has 0 aliphatic heterocycles. The van der Waals surface area contributed by atoms with Gasteiger partial charge in [0.2, 0.25) is 0 Å². The van der Waals surface area contributed by atoms with Crippen molar-refractivity contribution < 1.29 is 9.53 Å². The largest absolute Gasteiger partial charge is 0.380 e. The Hall–Kier alpha value is -0.0200. The molecule has 2 nitrogen and oxygen atoms in total. The van der Waals surface area contributed by atoms with Crippen molar-refractivity contribution in [3.8, 4) is 0 Å². The van der Waals surface area contributed by atoms with Crippen LogP contribution in [-0.4, -0.2) is 31.0 Å². The first-order valence-corrected chi connectivity index (χ1v) is 5.67. The average Bonchev–Trinajstić information content (AvgIpc) is 2.03. The van der Waals surface area contributed by atoms with Gasteiger partial charge in [0.1, 0.15) is 5.78 Å². The van der Waals surface area contributed by atoms with E-state index in [1.54, 1.807) is 11.8 Å². The second-order valence-electron chi connectivity index (χ2n) is 2.98. The fourth-order valence-electron chi connectivity index (χ4n) is 0.706. The number of carbonyl (C=O) groups excluding carboxylic acids is 1. The standard InChI is InChI=1S/C9H18O2S/c1-8(2)9(10)4-5-11-6-7-12-3/h8H,4-7H2,1-3H3. The highest BCUT2D eigenvalue weighted by atomic mass is 32.2. The summed E-state index contributed by atoms with van der Waals surface area (Å²) < 4.78 is 5.25. The van der Waals surface area contributed by atoms with Gasteiger partial charge in [-0.25, -0.2) is 0 Å². The number of Topliss-reactive ketones (excluding diaryl/α,β-unsaturated/α-hetero) is 1. The predicted molar refractivity (Wildman–Crippen MR) is 53.7 cm³/mol. The van der Waals surface area contributed by atoms with Crippen molar-refractivity contribution in [3.63, 3.8) is 0 Å². The van der Waals surface area contributed by atoms with Gasteiger partial charge in [-0.1, -0.05) is 13.8 Å². The van der Waals surface area contributed by atoms with E-state index < -0.39 is 0 Å². The lowest BCUT2D eigenvalue weighted by Gasteiger charge is -2.04. The number of rotatable bonds is 7. The van der Waals surface area contributed by atoms with Gasteiger partial charge in [-0.15, -0.1) is 0 Å². The monoisotopic (exact) mass is 190 g/mol. The number of hydrogen-bond donors (Lipinski definition) is 0. The summed E-state index contributed by atoms with van der Waals surface area (Å²) in [6.07, 6.45) is 2.61. The van der Waals surface area contributed by atoms with E-state index in [0.717, 1.165) is 12.4 Å². The van der Waals surface area contributed by atoms with E-state index in [0.29, 0.717) is 18.8 Å². The summed E-state index contributed by atoms with van der Waals surface area (Å²) in [5.74, 6) is 1.45. The molecule has 0 spiro atoms. The molecular formula is C9H18O2S. The number of ketones is 1. The van der Waals surface area contributed by atoms with Crippen molar-refractivity contribution in [1.29, 1.82) is 0 Å². The molecule has 0 fully saturated rings. The lowest BCUT2D eigenvalue weighted by molar-refractivity contribution is -0.122. The molecule has 0 aliphatic carbocycles. The van der Waals surface area contributed by atoms with Gasteiger partial charge in [0.25, 0.3) is 0 Å². The SMILES string of the molecule is CSCCOCCC(=O)C(C)C. The maximum absolute atomic E-state index is 11.1. The van der Waals surface area contributed by atoms with Gasteiger partial charge in [-0.2, -0.15) is 11.8 Å². The highest BCUT2D eigenvalue weighted by molar-refractivity contribution is 7.98. The molecule has 0 N–H and O–H groups in total. The molecular weight excluding hydrogens is 172 g/mol. The molecule has 0 saturated carbocycles. The van der Waals surface area contributed by atoms with E-state index in [9.17, 15) is 4.79 Å². The Morgan fingerprint density at radius 1 is 1.42 bits per heavy atom. The van der Waals surface area contributed by atoms with Gasteiger partial charge in [0.15, 0.2) is 0 Å². The quantitative estimate of drug-likeness (QED) is 0.574. The summed E-state index contributed by atoms with van der Waals surface area (Å²) in [5.41, 5.74) is 0. The van der Waals surface area contributed by atoms with Gasteiger partial charge in [0, 0.05) is 18.1 Å². The number of hydrogen-bond acceptors (Lipinski definition) is 3. The highest BCUT2D eigenvalue weighted by Crippen LogP contribution is 1.99. The predicted octanol–water partition coefficient (Wildman–Crippen LogP) is 1.98. The van der Waals surface area contributed by atoms with Crippen LogP contribution < -0.4 is 0 Å². The van der Waals surface area contributed by atoms with Crippen LogP contribution >= 0.6 is 11.8 Å². The van der Waals surface area contributed by atoms with E-state index in [4.69, 9.17) is 4.74 Å². The first-order valence-electron chi connectivity index (χ1n) is 4.28. The van der Waals surface area contributed by atoms with Gasteiger partial charge in [-0.05, 0) is 6.26 Å². The molecule has 72 valence electrons.